The standard InChI is InChI=1S/C12H14O2/c1-3-9(4-2)12(14)10-7-5-6-8-11(10)13/h3,5-9,13H,1,4H2,2H3. The molecule has 1 rings (SSSR count). The van der Waals surface area contributed by atoms with Crippen molar-refractivity contribution in [2.45, 2.75) is 13.3 Å². The maximum atomic E-state index is 11.8. The molecule has 1 unspecified atom stereocenters. The Kier molecular flexibility index (Phi) is 3.46. The molecule has 0 saturated heterocycles. The average Bonchev–Trinajstić information content (AvgIpc) is 2.20. The number of hydrogen-bond donors (Lipinski definition) is 1. The van der Waals surface area contributed by atoms with Crippen LogP contribution in [-0.2, 0) is 0 Å². The second-order valence-electron chi connectivity index (χ2n) is 3.13. The minimum absolute atomic E-state index is 0.0396. The number of ketones is 1. The van der Waals surface area contributed by atoms with Crippen molar-refractivity contribution in [2.24, 2.45) is 5.92 Å². The number of phenolic OH excluding ortho intramolecular Hbond substituents is 1. The summed E-state index contributed by atoms with van der Waals surface area (Å²) < 4.78 is 0. The van der Waals surface area contributed by atoms with Crippen LogP contribution in [0, 0.1) is 5.92 Å². The van der Waals surface area contributed by atoms with Gasteiger partial charge in [0.2, 0.25) is 0 Å². The van der Waals surface area contributed by atoms with E-state index in [9.17, 15) is 9.90 Å². The van der Waals surface area contributed by atoms with Gasteiger partial charge in [-0.05, 0) is 18.6 Å². The third kappa shape index (κ3) is 2.02. The Morgan fingerprint density at radius 3 is 2.71 bits per heavy atom. The van der Waals surface area contributed by atoms with E-state index in [1.165, 1.54) is 6.07 Å². The first kappa shape index (κ1) is 10.5. The summed E-state index contributed by atoms with van der Waals surface area (Å²) in [6.07, 6.45) is 2.32. The highest BCUT2D eigenvalue weighted by Crippen LogP contribution is 2.21. The molecule has 2 heteroatoms. The molecule has 0 radical (unpaired) electrons. The van der Waals surface area contributed by atoms with Crippen LogP contribution in [0.1, 0.15) is 23.7 Å². The molecule has 1 N–H and O–H groups in total. The summed E-state index contributed by atoms with van der Waals surface area (Å²) >= 11 is 0. The number of hydrogen-bond acceptors (Lipinski definition) is 2. The first-order chi connectivity index (χ1) is 6.70. The van der Waals surface area contributed by atoms with Gasteiger partial charge in [0.15, 0.2) is 5.78 Å². The summed E-state index contributed by atoms with van der Waals surface area (Å²) in [5.41, 5.74) is 0.374. The number of phenols is 1. The van der Waals surface area contributed by atoms with Crippen LogP contribution in [0.2, 0.25) is 0 Å². The molecule has 0 aliphatic rings. The van der Waals surface area contributed by atoms with E-state index in [2.05, 4.69) is 6.58 Å². The zero-order valence-electron chi connectivity index (χ0n) is 8.23. The van der Waals surface area contributed by atoms with Crippen LogP contribution in [0.5, 0.6) is 5.75 Å². The van der Waals surface area contributed by atoms with Gasteiger partial charge < -0.3 is 5.11 Å². The Hall–Kier alpha value is -1.57. The molecule has 74 valence electrons. The third-order valence-corrected chi connectivity index (χ3v) is 2.23. The Morgan fingerprint density at radius 2 is 2.21 bits per heavy atom. The van der Waals surface area contributed by atoms with E-state index in [0.29, 0.717) is 12.0 Å². The minimum Gasteiger partial charge on any atom is -0.507 e. The topological polar surface area (TPSA) is 37.3 Å². The van der Waals surface area contributed by atoms with E-state index in [1.807, 2.05) is 6.92 Å². The predicted molar refractivity (Wildman–Crippen MR) is 56.4 cm³/mol. The lowest BCUT2D eigenvalue weighted by Crippen LogP contribution is -2.11. The SMILES string of the molecule is C=CC(CC)C(=O)c1ccccc1O. The Labute approximate surface area is 83.9 Å². The van der Waals surface area contributed by atoms with E-state index in [-0.39, 0.29) is 17.5 Å². The highest BCUT2D eigenvalue weighted by Gasteiger charge is 2.17. The molecule has 1 aromatic rings. The lowest BCUT2D eigenvalue weighted by atomic mass is 9.95. The fourth-order valence-corrected chi connectivity index (χ4v) is 1.34. The summed E-state index contributed by atoms with van der Waals surface area (Å²) in [7, 11) is 0. The number of para-hydroxylation sites is 1. The lowest BCUT2D eigenvalue weighted by molar-refractivity contribution is 0.0940. The number of Topliss-reactive ketones (excluding diaryl/α,β-unsaturated/α-hetero) is 1. The smallest absolute Gasteiger partial charge is 0.173 e. The second-order valence-corrected chi connectivity index (χ2v) is 3.13. The van der Waals surface area contributed by atoms with Crippen molar-refractivity contribution >= 4 is 5.78 Å². The molecule has 1 atom stereocenters. The van der Waals surface area contributed by atoms with Crippen LogP contribution < -0.4 is 0 Å². The fraction of sp³-hybridized carbons (Fsp3) is 0.250. The molecular weight excluding hydrogens is 176 g/mol. The number of rotatable bonds is 4. The zero-order valence-corrected chi connectivity index (χ0v) is 8.23. The van der Waals surface area contributed by atoms with Crippen LogP contribution in [0.3, 0.4) is 0 Å². The van der Waals surface area contributed by atoms with Gasteiger partial charge in [-0.1, -0.05) is 25.1 Å². The van der Waals surface area contributed by atoms with Crippen LogP contribution in [0.15, 0.2) is 36.9 Å². The van der Waals surface area contributed by atoms with E-state index in [1.54, 1.807) is 24.3 Å². The van der Waals surface area contributed by atoms with Crippen molar-refractivity contribution in [2.75, 3.05) is 0 Å². The normalized spacial score (nSPS) is 12.1. The highest BCUT2D eigenvalue weighted by atomic mass is 16.3. The van der Waals surface area contributed by atoms with Gasteiger partial charge in [0, 0.05) is 5.92 Å². The molecule has 14 heavy (non-hydrogen) atoms. The molecule has 0 saturated carbocycles. The Bertz CT molecular complexity index is 342. The van der Waals surface area contributed by atoms with E-state index >= 15 is 0 Å². The molecule has 1 aromatic carbocycles. The Morgan fingerprint density at radius 1 is 1.57 bits per heavy atom. The molecule has 0 amide bonds. The summed E-state index contributed by atoms with van der Waals surface area (Å²) in [6.45, 7) is 5.53. The molecule has 0 fully saturated rings. The molecule has 0 aliphatic heterocycles. The van der Waals surface area contributed by atoms with Gasteiger partial charge in [0.1, 0.15) is 5.75 Å². The molecular formula is C12H14O2. The maximum Gasteiger partial charge on any atom is 0.173 e. The van der Waals surface area contributed by atoms with Crippen molar-refractivity contribution in [1.82, 2.24) is 0 Å². The predicted octanol–water partition coefficient (Wildman–Crippen LogP) is 2.79. The van der Waals surface area contributed by atoms with Crippen LogP contribution in [0.25, 0.3) is 0 Å². The van der Waals surface area contributed by atoms with Crippen LogP contribution in [-0.4, -0.2) is 10.9 Å². The largest absolute Gasteiger partial charge is 0.507 e. The second kappa shape index (κ2) is 4.61. The van der Waals surface area contributed by atoms with Crippen molar-refractivity contribution in [1.29, 1.82) is 0 Å². The lowest BCUT2D eigenvalue weighted by Gasteiger charge is -2.09. The van der Waals surface area contributed by atoms with Gasteiger partial charge in [-0.3, -0.25) is 4.79 Å². The van der Waals surface area contributed by atoms with E-state index in [4.69, 9.17) is 0 Å². The average molecular weight is 190 g/mol. The fourth-order valence-electron chi connectivity index (χ4n) is 1.34. The monoisotopic (exact) mass is 190 g/mol. The number of carbonyl (C=O) groups excluding carboxylic acids is 1. The Balaban J connectivity index is 3.00. The summed E-state index contributed by atoms with van der Waals surface area (Å²) in [6, 6.07) is 6.58. The summed E-state index contributed by atoms with van der Waals surface area (Å²) in [5.74, 6) is -0.235. The first-order valence-corrected chi connectivity index (χ1v) is 4.65. The van der Waals surface area contributed by atoms with Gasteiger partial charge in [-0.15, -0.1) is 6.58 Å². The number of aromatic hydroxyl groups is 1. The summed E-state index contributed by atoms with van der Waals surface area (Å²) in [4.78, 5) is 11.8. The molecule has 0 aromatic heterocycles. The molecule has 0 bridgehead atoms. The van der Waals surface area contributed by atoms with Gasteiger partial charge in [0.25, 0.3) is 0 Å². The molecule has 2 nitrogen and oxygen atoms in total. The number of allylic oxidation sites excluding steroid dienone is 1. The van der Waals surface area contributed by atoms with Crippen LogP contribution >= 0.6 is 0 Å². The van der Waals surface area contributed by atoms with Gasteiger partial charge in [-0.2, -0.15) is 0 Å². The van der Waals surface area contributed by atoms with Crippen LogP contribution in [0.4, 0.5) is 0 Å². The number of benzene rings is 1. The first-order valence-electron chi connectivity index (χ1n) is 4.65. The summed E-state index contributed by atoms with van der Waals surface area (Å²) in [5, 5.41) is 9.47. The van der Waals surface area contributed by atoms with E-state index < -0.39 is 0 Å². The molecule has 0 spiro atoms. The quantitative estimate of drug-likeness (QED) is 0.585. The van der Waals surface area contributed by atoms with Crippen molar-refractivity contribution in [3.63, 3.8) is 0 Å². The van der Waals surface area contributed by atoms with Crippen molar-refractivity contribution in [3.8, 4) is 5.75 Å². The third-order valence-electron chi connectivity index (χ3n) is 2.23. The molecule has 0 heterocycles. The highest BCUT2D eigenvalue weighted by molar-refractivity contribution is 6.01. The van der Waals surface area contributed by atoms with Gasteiger partial charge in [0.05, 0.1) is 5.56 Å². The minimum atomic E-state index is -0.205. The van der Waals surface area contributed by atoms with Gasteiger partial charge >= 0.3 is 0 Å². The number of carbonyl (C=O) groups is 1. The van der Waals surface area contributed by atoms with Crippen molar-refractivity contribution < 1.29 is 9.90 Å². The van der Waals surface area contributed by atoms with Crippen molar-refractivity contribution in [3.05, 3.63) is 42.5 Å². The maximum absolute atomic E-state index is 11.8. The van der Waals surface area contributed by atoms with E-state index in [0.717, 1.165) is 0 Å². The molecule has 0 aliphatic carbocycles. The zero-order chi connectivity index (χ0) is 10.6. The van der Waals surface area contributed by atoms with Gasteiger partial charge in [-0.25, -0.2) is 0 Å².